The van der Waals surface area contributed by atoms with Crippen molar-refractivity contribution in [3.8, 4) is 0 Å². The average Bonchev–Trinajstić information content (AvgIpc) is 2.11. The van der Waals surface area contributed by atoms with Crippen molar-refractivity contribution in [3.05, 3.63) is 0 Å². The number of carbonyl (C=O) groups is 2. The number of carboxylic acid groups (broad SMARTS) is 1. The number of rotatable bonds is 4. The Morgan fingerprint density at radius 2 is 1.75 bits per heavy atom. The summed E-state index contributed by atoms with van der Waals surface area (Å²) in [6.07, 6.45) is 0.305. The number of aliphatic carboxylic acids is 1. The molecular weight excluding hydrogens is 344 g/mol. The lowest BCUT2D eigenvalue weighted by atomic mass is 9.87. The minimum absolute atomic E-state index is 0.223. The van der Waals surface area contributed by atoms with E-state index in [1.807, 2.05) is 27.7 Å². The molecule has 16 heavy (non-hydrogen) atoms. The molecule has 1 N–H and O–H groups in total. The van der Waals surface area contributed by atoms with Crippen LogP contribution in [0.2, 0.25) is 0 Å². The van der Waals surface area contributed by atoms with Gasteiger partial charge in [-0.25, -0.2) is 9.59 Å². The van der Waals surface area contributed by atoms with Crippen LogP contribution in [-0.4, -0.2) is 26.4 Å². The van der Waals surface area contributed by atoms with E-state index in [9.17, 15) is 9.59 Å². The van der Waals surface area contributed by atoms with Crippen molar-refractivity contribution in [2.45, 2.75) is 43.5 Å². The summed E-state index contributed by atoms with van der Waals surface area (Å²) < 4.78 is 3.31. The molecule has 0 saturated heterocycles. The number of alkyl halides is 2. The van der Waals surface area contributed by atoms with Gasteiger partial charge in [-0.1, -0.05) is 27.7 Å². The molecule has 0 radical (unpaired) electrons. The Hall–Kier alpha value is -0.100. The molecule has 94 valence electrons. The summed E-state index contributed by atoms with van der Waals surface area (Å²) in [5.74, 6) is -2.18. The van der Waals surface area contributed by atoms with Gasteiger partial charge in [-0.05, 0) is 43.7 Å². The Labute approximate surface area is 112 Å². The van der Waals surface area contributed by atoms with Gasteiger partial charge < -0.3 is 9.84 Å². The second-order valence-electron chi connectivity index (χ2n) is 4.55. The van der Waals surface area contributed by atoms with Crippen LogP contribution in [0.5, 0.6) is 0 Å². The van der Waals surface area contributed by atoms with E-state index < -0.39 is 15.2 Å². The molecule has 0 aliphatic rings. The smallest absolute Gasteiger partial charge is 0.345 e. The lowest BCUT2D eigenvalue weighted by Crippen LogP contribution is -2.41. The predicted molar refractivity (Wildman–Crippen MR) is 67.8 cm³/mol. The van der Waals surface area contributed by atoms with Crippen LogP contribution in [0, 0.1) is 5.41 Å². The van der Waals surface area contributed by atoms with Gasteiger partial charge in [-0.2, -0.15) is 0 Å². The average molecular weight is 360 g/mol. The lowest BCUT2D eigenvalue weighted by molar-refractivity contribution is -0.159. The Bertz CT molecular complexity index is 281. The van der Waals surface area contributed by atoms with Crippen LogP contribution in [-0.2, 0) is 14.3 Å². The van der Waals surface area contributed by atoms with Gasteiger partial charge in [0.2, 0.25) is 0 Å². The molecule has 0 aliphatic carbocycles. The SMILES string of the molecule is CCC(OC(=O)C(Br)(Br)C(=O)O)C(C)(C)C. The Morgan fingerprint density at radius 1 is 1.31 bits per heavy atom. The number of ether oxygens (including phenoxy) is 1. The van der Waals surface area contributed by atoms with Gasteiger partial charge in [0.25, 0.3) is 3.23 Å². The summed E-state index contributed by atoms with van der Waals surface area (Å²) in [6, 6.07) is 0. The molecule has 0 heterocycles. The van der Waals surface area contributed by atoms with E-state index in [0.717, 1.165) is 0 Å². The van der Waals surface area contributed by atoms with Crippen molar-refractivity contribution < 1.29 is 19.4 Å². The molecule has 0 amide bonds. The minimum Gasteiger partial charge on any atom is -0.479 e. The van der Waals surface area contributed by atoms with E-state index in [4.69, 9.17) is 9.84 Å². The predicted octanol–water partition coefficient (Wildman–Crippen LogP) is 2.93. The molecule has 0 spiro atoms. The molecule has 1 atom stereocenters. The maximum Gasteiger partial charge on any atom is 0.345 e. The molecule has 6 heteroatoms. The van der Waals surface area contributed by atoms with Gasteiger partial charge in [0.1, 0.15) is 6.10 Å². The van der Waals surface area contributed by atoms with Crippen molar-refractivity contribution in [1.82, 2.24) is 0 Å². The first-order valence-corrected chi connectivity index (χ1v) is 6.44. The summed E-state index contributed by atoms with van der Waals surface area (Å²) in [6.45, 7) is 7.67. The molecule has 0 aromatic heterocycles. The highest BCUT2D eigenvalue weighted by atomic mass is 79.9. The van der Waals surface area contributed by atoms with Crippen molar-refractivity contribution in [1.29, 1.82) is 0 Å². The fraction of sp³-hybridized carbons (Fsp3) is 0.800. The summed E-state index contributed by atoms with van der Waals surface area (Å²) in [7, 11) is 0. The third kappa shape index (κ3) is 4.05. The number of hydrogen-bond donors (Lipinski definition) is 1. The number of hydrogen-bond acceptors (Lipinski definition) is 3. The second kappa shape index (κ2) is 5.49. The van der Waals surface area contributed by atoms with Crippen LogP contribution in [0.15, 0.2) is 0 Å². The zero-order chi connectivity index (χ0) is 13.1. The number of carbonyl (C=O) groups excluding carboxylic acids is 1. The van der Waals surface area contributed by atoms with Gasteiger partial charge in [0.05, 0.1) is 0 Å². The van der Waals surface area contributed by atoms with Crippen LogP contribution in [0.3, 0.4) is 0 Å². The Balaban J connectivity index is 4.74. The third-order valence-corrected chi connectivity index (χ3v) is 3.44. The molecule has 0 fully saturated rings. The topological polar surface area (TPSA) is 63.6 Å². The fourth-order valence-corrected chi connectivity index (χ4v) is 1.35. The largest absolute Gasteiger partial charge is 0.479 e. The van der Waals surface area contributed by atoms with Crippen molar-refractivity contribution >= 4 is 43.8 Å². The molecular formula is C10H16Br2O4. The van der Waals surface area contributed by atoms with E-state index in [-0.39, 0.29) is 11.5 Å². The first-order chi connectivity index (χ1) is 7.03. The van der Waals surface area contributed by atoms with Crippen molar-refractivity contribution in [3.63, 3.8) is 0 Å². The minimum atomic E-state index is -1.86. The van der Waals surface area contributed by atoms with Gasteiger partial charge in [0.15, 0.2) is 0 Å². The third-order valence-electron chi connectivity index (χ3n) is 2.11. The molecule has 0 bridgehead atoms. The summed E-state index contributed by atoms with van der Waals surface area (Å²) in [4.78, 5) is 22.4. The van der Waals surface area contributed by atoms with Crippen LogP contribution in [0.1, 0.15) is 34.1 Å². The normalized spacial score (nSPS) is 14.4. The highest BCUT2D eigenvalue weighted by Gasteiger charge is 2.44. The molecule has 0 saturated carbocycles. The number of halogens is 2. The molecule has 0 aromatic carbocycles. The molecule has 0 rings (SSSR count). The quantitative estimate of drug-likeness (QED) is 0.476. The van der Waals surface area contributed by atoms with Crippen molar-refractivity contribution in [2.75, 3.05) is 0 Å². The number of esters is 1. The summed E-state index contributed by atoms with van der Waals surface area (Å²) >= 11 is 5.56. The van der Waals surface area contributed by atoms with Crippen LogP contribution < -0.4 is 0 Å². The number of carboxylic acids is 1. The van der Waals surface area contributed by atoms with Crippen LogP contribution in [0.4, 0.5) is 0 Å². The monoisotopic (exact) mass is 358 g/mol. The standard InChI is InChI=1S/C10H16Br2O4/c1-5-6(9(2,3)4)16-8(15)10(11,12)7(13)14/h6H,5H2,1-4H3,(H,13,14). The Morgan fingerprint density at radius 3 is 2.00 bits per heavy atom. The first kappa shape index (κ1) is 15.9. The van der Waals surface area contributed by atoms with Gasteiger partial charge in [-0.3, -0.25) is 0 Å². The molecule has 4 nitrogen and oxygen atoms in total. The maximum atomic E-state index is 11.6. The summed E-state index contributed by atoms with van der Waals surface area (Å²) in [5.41, 5.74) is -0.223. The lowest BCUT2D eigenvalue weighted by Gasteiger charge is -2.30. The van der Waals surface area contributed by atoms with E-state index in [2.05, 4.69) is 31.9 Å². The maximum absolute atomic E-state index is 11.6. The zero-order valence-electron chi connectivity index (χ0n) is 9.71. The zero-order valence-corrected chi connectivity index (χ0v) is 12.9. The van der Waals surface area contributed by atoms with Gasteiger partial charge >= 0.3 is 11.9 Å². The van der Waals surface area contributed by atoms with Crippen LogP contribution in [0.25, 0.3) is 0 Å². The molecule has 0 aromatic rings. The molecule has 0 aliphatic heterocycles. The van der Waals surface area contributed by atoms with E-state index in [1.165, 1.54) is 0 Å². The van der Waals surface area contributed by atoms with Gasteiger partial charge in [-0.15, -0.1) is 0 Å². The second-order valence-corrected chi connectivity index (χ2v) is 7.99. The van der Waals surface area contributed by atoms with E-state index in [1.54, 1.807) is 0 Å². The summed E-state index contributed by atoms with van der Waals surface area (Å²) in [5, 5.41) is 8.81. The van der Waals surface area contributed by atoms with E-state index >= 15 is 0 Å². The highest BCUT2D eigenvalue weighted by Crippen LogP contribution is 2.32. The van der Waals surface area contributed by atoms with E-state index in [0.29, 0.717) is 6.42 Å². The fourth-order valence-electron chi connectivity index (χ4n) is 1.16. The molecule has 1 unspecified atom stereocenters. The van der Waals surface area contributed by atoms with Gasteiger partial charge in [0, 0.05) is 0 Å². The van der Waals surface area contributed by atoms with Crippen LogP contribution >= 0.6 is 31.9 Å². The van der Waals surface area contributed by atoms with Crippen molar-refractivity contribution in [2.24, 2.45) is 5.41 Å². The first-order valence-electron chi connectivity index (χ1n) is 4.85. The Kier molecular flexibility index (Phi) is 5.46. The highest BCUT2D eigenvalue weighted by molar-refractivity contribution is 9.26.